The van der Waals surface area contributed by atoms with Crippen LogP contribution in [0.3, 0.4) is 0 Å². The van der Waals surface area contributed by atoms with Crippen LogP contribution in [0.1, 0.15) is 22.8 Å². The van der Waals surface area contributed by atoms with Crippen LogP contribution in [0.15, 0.2) is 53.6 Å². The number of hydrazone groups is 1. The molecule has 0 saturated heterocycles. The maximum Gasteiger partial charge on any atom is 0.271 e. The molecule has 2 aromatic carbocycles. The molecule has 20 heavy (non-hydrogen) atoms. The molecule has 3 nitrogen and oxygen atoms in total. The molecular weight excluding hydrogens is 262 g/mol. The number of carbonyl (C=O) groups is 1. The molecule has 0 fully saturated rings. The van der Waals surface area contributed by atoms with Crippen molar-refractivity contribution in [3.63, 3.8) is 0 Å². The highest BCUT2D eigenvalue weighted by Crippen LogP contribution is 2.09. The lowest BCUT2D eigenvalue weighted by Crippen LogP contribution is -2.19. The predicted molar refractivity (Wildman–Crippen MR) is 72.5 cm³/mol. The molecule has 0 bridgehead atoms. The fourth-order valence-electron chi connectivity index (χ4n) is 1.57. The summed E-state index contributed by atoms with van der Waals surface area (Å²) >= 11 is 0. The number of rotatable bonds is 3. The summed E-state index contributed by atoms with van der Waals surface area (Å²) in [5, 5.41) is 3.87. The van der Waals surface area contributed by atoms with Crippen LogP contribution in [0.4, 0.5) is 8.78 Å². The number of nitrogens with one attached hydrogen (secondary N) is 1. The molecule has 0 heterocycles. The number of carbonyl (C=O) groups excluding carboxylic acids is 1. The molecule has 0 aromatic heterocycles. The van der Waals surface area contributed by atoms with Crippen molar-refractivity contribution in [1.29, 1.82) is 0 Å². The molecule has 0 atom stereocenters. The molecule has 0 saturated carbocycles. The normalized spacial score (nSPS) is 11.2. The summed E-state index contributed by atoms with van der Waals surface area (Å²) < 4.78 is 25.9. The van der Waals surface area contributed by atoms with Crippen LogP contribution in [0.5, 0.6) is 0 Å². The molecule has 0 radical (unpaired) electrons. The summed E-state index contributed by atoms with van der Waals surface area (Å²) in [4.78, 5) is 11.7. The van der Waals surface area contributed by atoms with Crippen LogP contribution < -0.4 is 5.43 Å². The lowest BCUT2D eigenvalue weighted by molar-refractivity contribution is 0.0955. The van der Waals surface area contributed by atoms with Gasteiger partial charge in [-0.25, -0.2) is 14.2 Å². The molecule has 0 aliphatic carbocycles. The molecule has 1 amide bonds. The van der Waals surface area contributed by atoms with Gasteiger partial charge in [-0.2, -0.15) is 5.10 Å². The van der Waals surface area contributed by atoms with Crippen molar-refractivity contribution in [1.82, 2.24) is 5.43 Å². The van der Waals surface area contributed by atoms with Crippen molar-refractivity contribution in [3.05, 3.63) is 71.3 Å². The van der Waals surface area contributed by atoms with Crippen molar-refractivity contribution in [2.45, 2.75) is 6.92 Å². The minimum absolute atomic E-state index is 0.368. The van der Waals surface area contributed by atoms with Crippen LogP contribution in [0, 0.1) is 11.6 Å². The average Bonchev–Trinajstić information content (AvgIpc) is 2.48. The van der Waals surface area contributed by atoms with Crippen LogP contribution in [-0.4, -0.2) is 11.6 Å². The quantitative estimate of drug-likeness (QED) is 0.678. The largest absolute Gasteiger partial charge is 0.271 e. The zero-order chi connectivity index (χ0) is 14.5. The molecule has 0 spiro atoms. The molecule has 1 N–H and O–H groups in total. The summed E-state index contributed by atoms with van der Waals surface area (Å²) in [5.74, 6) is -2.24. The fourth-order valence-corrected chi connectivity index (χ4v) is 1.57. The Morgan fingerprint density at radius 2 is 1.70 bits per heavy atom. The van der Waals surface area contributed by atoms with Gasteiger partial charge in [0, 0.05) is 11.1 Å². The van der Waals surface area contributed by atoms with E-state index in [9.17, 15) is 13.6 Å². The Hall–Kier alpha value is -2.56. The molecule has 2 rings (SSSR count). The minimum Gasteiger partial charge on any atom is -0.267 e. The highest BCUT2D eigenvalue weighted by Gasteiger charge is 2.06. The number of nitrogens with zero attached hydrogens (tertiary/aromatic N) is 1. The molecular formula is C15H12F2N2O. The van der Waals surface area contributed by atoms with Gasteiger partial charge in [0.25, 0.3) is 5.91 Å². The van der Waals surface area contributed by atoms with Crippen molar-refractivity contribution in [3.8, 4) is 0 Å². The smallest absolute Gasteiger partial charge is 0.267 e. The number of halogens is 2. The van der Waals surface area contributed by atoms with Gasteiger partial charge in [-0.1, -0.05) is 18.2 Å². The van der Waals surface area contributed by atoms with Crippen molar-refractivity contribution < 1.29 is 13.6 Å². The van der Waals surface area contributed by atoms with Gasteiger partial charge in [0.05, 0.1) is 5.71 Å². The van der Waals surface area contributed by atoms with Gasteiger partial charge >= 0.3 is 0 Å². The first-order valence-electron chi connectivity index (χ1n) is 5.93. The van der Waals surface area contributed by atoms with E-state index in [1.165, 1.54) is 6.07 Å². The Morgan fingerprint density at radius 1 is 1.00 bits per heavy atom. The van der Waals surface area contributed by atoms with E-state index in [1.54, 1.807) is 37.3 Å². The Morgan fingerprint density at radius 3 is 2.35 bits per heavy atom. The molecule has 102 valence electrons. The summed E-state index contributed by atoms with van der Waals surface area (Å²) in [5.41, 5.74) is 3.61. The summed E-state index contributed by atoms with van der Waals surface area (Å²) in [7, 11) is 0. The van der Waals surface area contributed by atoms with Gasteiger partial charge < -0.3 is 0 Å². The van der Waals surface area contributed by atoms with Crippen molar-refractivity contribution in [2.75, 3.05) is 0 Å². The zero-order valence-electron chi connectivity index (χ0n) is 10.7. The highest BCUT2D eigenvalue weighted by atomic mass is 19.2. The lowest BCUT2D eigenvalue weighted by atomic mass is 10.1. The second-order valence-corrected chi connectivity index (χ2v) is 4.13. The second-order valence-electron chi connectivity index (χ2n) is 4.13. The van der Waals surface area contributed by atoms with E-state index in [4.69, 9.17) is 0 Å². The van der Waals surface area contributed by atoms with Crippen molar-refractivity contribution in [2.24, 2.45) is 5.10 Å². The Bertz CT molecular complexity index is 654. The Labute approximate surface area is 114 Å². The van der Waals surface area contributed by atoms with Gasteiger partial charge in [-0.05, 0) is 37.3 Å². The van der Waals surface area contributed by atoms with E-state index in [-0.39, 0.29) is 5.91 Å². The number of hydrogen-bond donors (Lipinski definition) is 1. The van der Waals surface area contributed by atoms with Gasteiger partial charge in [0.15, 0.2) is 11.6 Å². The van der Waals surface area contributed by atoms with Gasteiger partial charge in [0.2, 0.25) is 0 Å². The van der Waals surface area contributed by atoms with E-state index < -0.39 is 11.6 Å². The first kappa shape index (κ1) is 13.9. The number of hydrogen-bond acceptors (Lipinski definition) is 2. The lowest BCUT2D eigenvalue weighted by Gasteiger charge is -2.03. The second kappa shape index (κ2) is 6.06. The molecule has 0 unspecified atom stereocenters. The monoisotopic (exact) mass is 274 g/mol. The van der Waals surface area contributed by atoms with Gasteiger partial charge in [-0.15, -0.1) is 0 Å². The van der Waals surface area contributed by atoms with E-state index in [0.717, 1.165) is 12.1 Å². The van der Waals surface area contributed by atoms with Crippen LogP contribution in [-0.2, 0) is 0 Å². The van der Waals surface area contributed by atoms with Gasteiger partial charge in [-0.3, -0.25) is 4.79 Å². The van der Waals surface area contributed by atoms with Crippen LogP contribution in [0.2, 0.25) is 0 Å². The summed E-state index contributed by atoms with van der Waals surface area (Å²) in [6, 6.07) is 12.0. The highest BCUT2D eigenvalue weighted by molar-refractivity contribution is 6.00. The maximum absolute atomic E-state index is 13.1. The van der Waals surface area contributed by atoms with Crippen LogP contribution >= 0.6 is 0 Å². The summed E-state index contributed by atoms with van der Waals surface area (Å²) in [6.45, 7) is 1.60. The number of benzene rings is 2. The molecule has 0 aliphatic heterocycles. The number of amides is 1. The summed E-state index contributed by atoms with van der Waals surface area (Å²) in [6.07, 6.45) is 0. The molecule has 5 heteroatoms. The molecule has 2 aromatic rings. The van der Waals surface area contributed by atoms with E-state index in [0.29, 0.717) is 16.8 Å². The first-order valence-corrected chi connectivity index (χ1v) is 5.93. The van der Waals surface area contributed by atoms with E-state index in [1.807, 2.05) is 0 Å². The first-order chi connectivity index (χ1) is 9.58. The third kappa shape index (κ3) is 3.26. The third-order valence-electron chi connectivity index (χ3n) is 2.70. The Balaban J connectivity index is 2.11. The topological polar surface area (TPSA) is 41.5 Å². The van der Waals surface area contributed by atoms with E-state index in [2.05, 4.69) is 10.5 Å². The van der Waals surface area contributed by atoms with Crippen LogP contribution in [0.25, 0.3) is 0 Å². The van der Waals surface area contributed by atoms with Crippen molar-refractivity contribution >= 4 is 11.6 Å². The SMILES string of the molecule is C/C(=N\NC(=O)c1ccccc1)c1ccc(F)c(F)c1. The Kier molecular flexibility index (Phi) is 4.20. The third-order valence-corrected chi connectivity index (χ3v) is 2.70. The van der Waals surface area contributed by atoms with Gasteiger partial charge in [0.1, 0.15) is 0 Å². The molecule has 0 aliphatic rings. The fraction of sp³-hybridized carbons (Fsp3) is 0.0667. The standard InChI is InChI=1S/C15H12F2N2O/c1-10(12-7-8-13(16)14(17)9-12)18-19-15(20)11-5-3-2-4-6-11/h2-9H,1H3,(H,19,20)/b18-10+. The maximum atomic E-state index is 13.1. The average molecular weight is 274 g/mol. The zero-order valence-corrected chi connectivity index (χ0v) is 10.7. The van der Waals surface area contributed by atoms with E-state index >= 15 is 0 Å². The minimum atomic E-state index is -0.952. The predicted octanol–water partition coefficient (Wildman–Crippen LogP) is 3.12.